The predicted molar refractivity (Wildman–Crippen MR) is 100 cm³/mol. The molecule has 1 aliphatic heterocycles. The Balaban J connectivity index is 0.00000312. The number of anilines is 1. The number of carbonyl (C=O) groups excluding carboxylic acids is 1. The molecule has 1 fully saturated rings. The van der Waals surface area contributed by atoms with Crippen molar-refractivity contribution in [3.05, 3.63) is 29.8 Å². The number of nitrogens with one attached hydrogen (secondary N) is 2. The summed E-state index contributed by atoms with van der Waals surface area (Å²) in [6.07, 6.45) is 2.23. The van der Waals surface area contributed by atoms with Gasteiger partial charge in [-0.05, 0) is 24.1 Å². The topological polar surface area (TPSA) is 68.8 Å². The van der Waals surface area contributed by atoms with Crippen molar-refractivity contribution in [2.75, 3.05) is 44.9 Å². The van der Waals surface area contributed by atoms with Gasteiger partial charge in [-0.15, -0.1) is 12.4 Å². The highest BCUT2D eigenvalue weighted by atomic mass is 35.5. The van der Waals surface area contributed by atoms with E-state index >= 15 is 0 Å². The standard InChI is InChI=1S/C18H28N2O4.ClH/c1-2-3-8-22-10-11-24-13-15-5-4-6-16(12-15)20-18(21)17-14-23-9-7-19-17;/h4-6,12,17,19H,2-3,7-11,13-14H2,1H3,(H,20,21);1H. The smallest absolute Gasteiger partial charge is 0.243 e. The van der Waals surface area contributed by atoms with Crippen molar-refractivity contribution in [1.82, 2.24) is 5.32 Å². The molecule has 0 aromatic heterocycles. The maximum absolute atomic E-state index is 12.2. The molecule has 25 heavy (non-hydrogen) atoms. The minimum atomic E-state index is -0.293. The van der Waals surface area contributed by atoms with Crippen LogP contribution in [-0.2, 0) is 25.6 Å². The fourth-order valence-corrected chi connectivity index (χ4v) is 2.36. The van der Waals surface area contributed by atoms with Gasteiger partial charge in [0.1, 0.15) is 6.04 Å². The van der Waals surface area contributed by atoms with Crippen LogP contribution in [0.1, 0.15) is 25.3 Å². The zero-order chi connectivity index (χ0) is 17.0. The summed E-state index contributed by atoms with van der Waals surface area (Å²) in [5.41, 5.74) is 1.79. The van der Waals surface area contributed by atoms with Crippen LogP contribution in [0.25, 0.3) is 0 Å². The Morgan fingerprint density at radius 3 is 2.92 bits per heavy atom. The number of ether oxygens (including phenoxy) is 3. The van der Waals surface area contributed by atoms with Gasteiger partial charge in [-0.1, -0.05) is 25.5 Å². The van der Waals surface area contributed by atoms with E-state index in [2.05, 4.69) is 17.6 Å². The first-order chi connectivity index (χ1) is 11.8. The largest absolute Gasteiger partial charge is 0.379 e. The summed E-state index contributed by atoms with van der Waals surface area (Å²) in [5, 5.41) is 6.06. The lowest BCUT2D eigenvalue weighted by molar-refractivity contribution is -0.120. The molecular weight excluding hydrogens is 344 g/mol. The number of unbranched alkanes of at least 4 members (excludes halogenated alkanes) is 1. The average molecular weight is 373 g/mol. The number of hydrogen-bond acceptors (Lipinski definition) is 5. The Bertz CT molecular complexity index is 496. The van der Waals surface area contributed by atoms with Gasteiger partial charge in [0, 0.05) is 18.8 Å². The predicted octanol–water partition coefficient (Wildman–Crippen LogP) is 2.37. The Hall–Kier alpha value is -1.18. The third kappa shape index (κ3) is 8.65. The molecule has 0 bridgehead atoms. The fraction of sp³-hybridized carbons (Fsp3) is 0.611. The highest BCUT2D eigenvalue weighted by Gasteiger charge is 2.21. The van der Waals surface area contributed by atoms with E-state index in [9.17, 15) is 4.79 Å². The third-order valence-corrected chi connectivity index (χ3v) is 3.72. The minimum absolute atomic E-state index is 0. The molecule has 1 atom stereocenters. The van der Waals surface area contributed by atoms with E-state index in [4.69, 9.17) is 14.2 Å². The van der Waals surface area contributed by atoms with Crippen molar-refractivity contribution in [3.8, 4) is 0 Å². The molecule has 0 spiro atoms. The number of rotatable bonds is 10. The normalized spacial score (nSPS) is 16.9. The van der Waals surface area contributed by atoms with Crippen molar-refractivity contribution in [3.63, 3.8) is 0 Å². The van der Waals surface area contributed by atoms with E-state index < -0.39 is 0 Å². The SMILES string of the molecule is CCCCOCCOCc1cccc(NC(=O)C2COCCN2)c1.Cl. The lowest BCUT2D eigenvalue weighted by Gasteiger charge is -2.23. The molecule has 1 aromatic rings. The van der Waals surface area contributed by atoms with Crippen LogP contribution < -0.4 is 10.6 Å². The van der Waals surface area contributed by atoms with Gasteiger partial charge in [0.2, 0.25) is 5.91 Å². The maximum atomic E-state index is 12.2. The lowest BCUT2D eigenvalue weighted by atomic mass is 10.2. The summed E-state index contributed by atoms with van der Waals surface area (Å²) in [6, 6.07) is 7.41. The fourth-order valence-electron chi connectivity index (χ4n) is 2.36. The van der Waals surface area contributed by atoms with E-state index in [0.717, 1.165) is 30.7 Å². The van der Waals surface area contributed by atoms with Crippen molar-refractivity contribution >= 4 is 24.0 Å². The molecule has 1 aliphatic rings. The van der Waals surface area contributed by atoms with Crippen LogP contribution in [0.5, 0.6) is 0 Å². The van der Waals surface area contributed by atoms with Gasteiger partial charge in [0.15, 0.2) is 0 Å². The van der Waals surface area contributed by atoms with Gasteiger partial charge in [-0.3, -0.25) is 4.79 Å². The molecule has 1 amide bonds. The van der Waals surface area contributed by atoms with Crippen LogP contribution in [0.2, 0.25) is 0 Å². The highest BCUT2D eigenvalue weighted by Crippen LogP contribution is 2.12. The zero-order valence-electron chi connectivity index (χ0n) is 14.8. The van der Waals surface area contributed by atoms with Crippen molar-refractivity contribution in [2.45, 2.75) is 32.4 Å². The molecule has 0 aliphatic carbocycles. The molecule has 7 heteroatoms. The summed E-state index contributed by atoms with van der Waals surface area (Å²) in [7, 11) is 0. The Morgan fingerprint density at radius 2 is 2.16 bits per heavy atom. The van der Waals surface area contributed by atoms with E-state index in [0.29, 0.717) is 39.6 Å². The molecule has 142 valence electrons. The number of morpholine rings is 1. The van der Waals surface area contributed by atoms with E-state index in [1.54, 1.807) is 0 Å². The molecule has 2 rings (SSSR count). The molecule has 1 unspecified atom stereocenters. The van der Waals surface area contributed by atoms with Crippen LogP contribution in [0.15, 0.2) is 24.3 Å². The quantitative estimate of drug-likeness (QED) is 0.617. The average Bonchev–Trinajstić information content (AvgIpc) is 2.62. The van der Waals surface area contributed by atoms with Crippen LogP contribution in [0.3, 0.4) is 0 Å². The Labute approximate surface area is 156 Å². The number of halogens is 1. The molecule has 1 saturated heterocycles. The summed E-state index contributed by atoms with van der Waals surface area (Å²) in [6.45, 7) is 6.39. The van der Waals surface area contributed by atoms with E-state index in [1.807, 2.05) is 24.3 Å². The summed E-state index contributed by atoms with van der Waals surface area (Å²) >= 11 is 0. The molecule has 1 aromatic carbocycles. The Morgan fingerprint density at radius 1 is 1.32 bits per heavy atom. The Kier molecular flexibility index (Phi) is 11.4. The molecule has 0 radical (unpaired) electrons. The first-order valence-corrected chi connectivity index (χ1v) is 8.66. The van der Waals surface area contributed by atoms with Gasteiger partial charge in [-0.2, -0.15) is 0 Å². The maximum Gasteiger partial charge on any atom is 0.243 e. The number of carbonyl (C=O) groups is 1. The van der Waals surface area contributed by atoms with Crippen LogP contribution in [-0.4, -0.2) is 51.5 Å². The van der Waals surface area contributed by atoms with Crippen molar-refractivity contribution in [1.29, 1.82) is 0 Å². The second-order valence-electron chi connectivity index (χ2n) is 5.79. The first-order valence-electron chi connectivity index (χ1n) is 8.66. The summed E-state index contributed by atoms with van der Waals surface area (Å²) in [5.74, 6) is -0.0721. The van der Waals surface area contributed by atoms with Crippen LogP contribution in [0.4, 0.5) is 5.69 Å². The third-order valence-electron chi connectivity index (χ3n) is 3.72. The monoisotopic (exact) mass is 372 g/mol. The van der Waals surface area contributed by atoms with Crippen molar-refractivity contribution in [2.24, 2.45) is 0 Å². The van der Waals surface area contributed by atoms with Crippen molar-refractivity contribution < 1.29 is 19.0 Å². The molecule has 2 N–H and O–H groups in total. The minimum Gasteiger partial charge on any atom is -0.379 e. The van der Waals surface area contributed by atoms with Gasteiger partial charge in [0.05, 0.1) is 33.0 Å². The second-order valence-corrected chi connectivity index (χ2v) is 5.79. The molecular formula is C18H29ClN2O4. The van der Waals surface area contributed by atoms with E-state index in [1.165, 1.54) is 0 Å². The van der Waals surface area contributed by atoms with Gasteiger partial charge >= 0.3 is 0 Å². The van der Waals surface area contributed by atoms with Gasteiger partial charge in [-0.25, -0.2) is 0 Å². The number of benzene rings is 1. The first kappa shape index (κ1) is 21.9. The van der Waals surface area contributed by atoms with E-state index in [-0.39, 0.29) is 24.4 Å². The van der Waals surface area contributed by atoms with Crippen LogP contribution >= 0.6 is 12.4 Å². The lowest BCUT2D eigenvalue weighted by Crippen LogP contribution is -2.48. The number of hydrogen-bond donors (Lipinski definition) is 2. The van der Waals surface area contributed by atoms with Gasteiger partial charge < -0.3 is 24.8 Å². The molecule has 1 heterocycles. The second kappa shape index (κ2) is 13.1. The van der Waals surface area contributed by atoms with Gasteiger partial charge in [0.25, 0.3) is 0 Å². The summed E-state index contributed by atoms with van der Waals surface area (Å²) < 4.78 is 16.4. The van der Waals surface area contributed by atoms with Crippen LogP contribution in [0, 0.1) is 0 Å². The molecule has 6 nitrogen and oxygen atoms in total. The number of amides is 1. The molecule has 0 saturated carbocycles. The summed E-state index contributed by atoms with van der Waals surface area (Å²) in [4.78, 5) is 12.2. The highest BCUT2D eigenvalue weighted by molar-refractivity contribution is 5.95. The zero-order valence-corrected chi connectivity index (χ0v) is 15.6.